The number of benzene rings is 1. The summed E-state index contributed by atoms with van der Waals surface area (Å²) in [7, 11) is 0. The van der Waals surface area contributed by atoms with E-state index in [0.29, 0.717) is 6.54 Å². The summed E-state index contributed by atoms with van der Waals surface area (Å²) in [6.45, 7) is 2.82. The van der Waals surface area contributed by atoms with Gasteiger partial charge < -0.3 is 4.98 Å². The van der Waals surface area contributed by atoms with E-state index in [9.17, 15) is 4.79 Å². The third-order valence-electron chi connectivity index (χ3n) is 3.09. The van der Waals surface area contributed by atoms with E-state index in [1.807, 2.05) is 24.3 Å². The number of thioether (sulfide) groups is 2. The lowest BCUT2D eigenvalue weighted by molar-refractivity contribution is 0.679. The van der Waals surface area contributed by atoms with Crippen molar-refractivity contribution in [2.24, 2.45) is 0 Å². The first-order chi connectivity index (χ1) is 10.8. The number of fused-ring (bicyclic) bond motifs is 1. The lowest BCUT2D eigenvalue weighted by Gasteiger charge is -2.02. The highest BCUT2D eigenvalue weighted by atomic mass is 32.2. The average molecular weight is 353 g/mol. The molecule has 3 rings (SSSR count). The Morgan fingerprint density at radius 2 is 2.00 bits per heavy atom. The number of hydrogen-bond acceptors (Lipinski definition) is 6. The van der Waals surface area contributed by atoms with Crippen molar-refractivity contribution in [3.63, 3.8) is 0 Å². The van der Waals surface area contributed by atoms with Gasteiger partial charge in [0.2, 0.25) is 0 Å². The van der Waals surface area contributed by atoms with E-state index >= 15 is 0 Å². The molecule has 0 aliphatic carbocycles. The first-order valence-corrected chi connectivity index (χ1v) is 9.83. The molecule has 5 nitrogen and oxygen atoms in total. The van der Waals surface area contributed by atoms with Crippen LogP contribution < -0.4 is 5.69 Å². The lowest BCUT2D eigenvalue weighted by Crippen LogP contribution is -2.17. The zero-order valence-corrected chi connectivity index (χ0v) is 14.6. The predicted octanol–water partition coefficient (Wildman–Crippen LogP) is 3.48. The van der Waals surface area contributed by atoms with Crippen LogP contribution in [0.25, 0.3) is 11.0 Å². The molecule has 0 saturated heterocycles. The summed E-state index contributed by atoms with van der Waals surface area (Å²) < 4.78 is 3.83. The fraction of sp³-hybridized carbons (Fsp3) is 0.357. The number of aryl methyl sites for hydroxylation is 1. The number of nitrogens with zero attached hydrogens (tertiary/aromatic N) is 3. The topological polar surface area (TPSA) is 63.6 Å². The predicted molar refractivity (Wildman–Crippen MR) is 94.2 cm³/mol. The molecule has 0 unspecified atom stereocenters. The van der Waals surface area contributed by atoms with Gasteiger partial charge in [-0.25, -0.2) is 4.79 Å². The molecule has 0 fully saturated rings. The Bertz CT molecular complexity index is 808. The molecule has 0 saturated carbocycles. The Morgan fingerprint density at radius 1 is 1.23 bits per heavy atom. The Kier molecular flexibility index (Phi) is 5.22. The van der Waals surface area contributed by atoms with Crippen molar-refractivity contribution >= 4 is 45.9 Å². The Labute approximate surface area is 140 Å². The molecule has 116 valence electrons. The molecular formula is C14H16N4OS3. The Hall–Kier alpha value is -1.25. The van der Waals surface area contributed by atoms with E-state index in [-0.39, 0.29) is 5.69 Å². The van der Waals surface area contributed by atoms with Gasteiger partial charge in [-0.3, -0.25) is 4.57 Å². The van der Waals surface area contributed by atoms with Crippen molar-refractivity contribution in [2.45, 2.75) is 28.6 Å². The van der Waals surface area contributed by atoms with Gasteiger partial charge in [-0.05, 0) is 24.3 Å². The van der Waals surface area contributed by atoms with Crippen molar-refractivity contribution in [3.05, 3.63) is 34.7 Å². The van der Waals surface area contributed by atoms with Crippen LogP contribution in [0.3, 0.4) is 0 Å². The first-order valence-electron chi connectivity index (χ1n) is 7.04. The summed E-state index contributed by atoms with van der Waals surface area (Å²) in [5.74, 6) is 1.94. The third-order valence-corrected chi connectivity index (χ3v) is 6.25. The summed E-state index contributed by atoms with van der Waals surface area (Å²) >= 11 is 5.07. The second-order valence-corrected chi connectivity index (χ2v) is 8.40. The molecule has 0 aliphatic heterocycles. The van der Waals surface area contributed by atoms with Crippen LogP contribution in [-0.4, -0.2) is 31.3 Å². The maximum absolute atomic E-state index is 12.0. The van der Waals surface area contributed by atoms with Crippen LogP contribution in [0.1, 0.15) is 13.3 Å². The van der Waals surface area contributed by atoms with Crippen molar-refractivity contribution in [1.29, 1.82) is 0 Å². The monoisotopic (exact) mass is 352 g/mol. The van der Waals surface area contributed by atoms with Crippen molar-refractivity contribution in [2.75, 3.05) is 11.5 Å². The summed E-state index contributed by atoms with van der Waals surface area (Å²) in [5, 5.41) is 8.31. The van der Waals surface area contributed by atoms with Crippen LogP contribution >= 0.6 is 34.9 Å². The zero-order chi connectivity index (χ0) is 15.4. The molecule has 22 heavy (non-hydrogen) atoms. The van der Waals surface area contributed by atoms with Gasteiger partial charge in [-0.2, -0.15) is 0 Å². The number of para-hydroxylation sites is 2. The van der Waals surface area contributed by atoms with E-state index < -0.39 is 0 Å². The number of aromatic nitrogens is 4. The van der Waals surface area contributed by atoms with Gasteiger partial charge in [0.05, 0.1) is 11.0 Å². The minimum atomic E-state index is -0.0382. The fourth-order valence-corrected chi connectivity index (χ4v) is 5.06. The third kappa shape index (κ3) is 3.56. The molecule has 8 heteroatoms. The van der Waals surface area contributed by atoms with Gasteiger partial charge in [-0.1, -0.05) is 53.9 Å². The molecule has 1 N–H and O–H groups in total. The van der Waals surface area contributed by atoms with E-state index in [0.717, 1.165) is 37.6 Å². The van der Waals surface area contributed by atoms with E-state index in [1.165, 1.54) is 0 Å². The number of H-pyrrole nitrogens is 1. The molecule has 0 bridgehead atoms. The Balaban J connectivity index is 1.56. The van der Waals surface area contributed by atoms with E-state index in [2.05, 4.69) is 22.1 Å². The zero-order valence-electron chi connectivity index (χ0n) is 12.1. The van der Waals surface area contributed by atoms with Gasteiger partial charge in [0.15, 0.2) is 8.68 Å². The van der Waals surface area contributed by atoms with Crippen LogP contribution in [0.2, 0.25) is 0 Å². The molecule has 2 heterocycles. The molecule has 3 aromatic rings. The smallest absolute Gasteiger partial charge is 0.306 e. The van der Waals surface area contributed by atoms with Crippen molar-refractivity contribution < 1.29 is 0 Å². The molecule has 1 aromatic carbocycles. The number of nitrogens with one attached hydrogen (secondary N) is 1. The highest BCUT2D eigenvalue weighted by Gasteiger charge is 2.07. The summed E-state index contributed by atoms with van der Waals surface area (Å²) in [4.78, 5) is 14.8. The van der Waals surface area contributed by atoms with Crippen LogP contribution in [0.5, 0.6) is 0 Å². The Morgan fingerprint density at radius 3 is 2.82 bits per heavy atom. The van der Waals surface area contributed by atoms with E-state index in [1.54, 1.807) is 39.4 Å². The molecule has 0 atom stereocenters. The molecule has 2 aromatic heterocycles. The van der Waals surface area contributed by atoms with Crippen molar-refractivity contribution in [3.8, 4) is 0 Å². The summed E-state index contributed by atoms with van der Waals surface area (Å²) in [6.07, 6.45) is 0.919. The summed E-state index contributed by atoms with van der Waals surface area (Å²) in [6, 6.07) is 7.78. The maximum Gasteiger partial charge on any atom is 0.326 e. The normalized spacial score (nSPS) is 11.3. The van der Waals surface area contributed by atoms with Gasteiger partial charge in [0, 0.05) is 12.3 Å². The van der Waals surface area contributed by atoms with Gasteiger partial charge >= 0.3 is 5.69 Å². The van der Waals surface area contributed by atoms with Crippen molar-refractivity contribution in [1.82, 2.24) is 19.7 Å². The van der Waals surface area contributed by atoms with Crippen LogP contribution in [-0.2, 0) is 6.54 Å². The molecule has 0 aliphatic rings. The average Bonchev–Trinajstić information content (AvgIpc) is 3.08. The number of rotatable bonds is 7. The largest absolute Gasteiger partial charge is 0.326 e. The maximum atomic E-state index is 12.0. The number of hydrogen-bond donors (Lipinski definition) is 1. The molecule has 0 spiro atoms. The molecular weight excluding hydrogens is 336 g/mol. The molecule has 0 radical (unpaired) electrons. The minimum Gasteiger partial charge on any atom is -0.306 e. The highest BCUT2D eigenvalue weighted by molar-refractivity contribution is 8.03. The number of aromatic amines is 1. The van der Waals surface area contributed by atoms with Gasteiger partial charge in [0.25, 0.3) is 0 Å². The summed E-state index contributed by atoms with van der Waals surface area (Å²) in [5.41, 5.74) is 1.82. The van der Waals surface area contributed by atoms with Gasteiger partial charge in [-0.15, -0.1) is 10.2 Å². The second-order valence-electron chi connectivity index (χ2n) is 4.57. The highest BCUT2D eigenvalue weighted by Crippen LogP contribution is 2.28. The fourth-order valence-electron chi connectivity index (χ4n) is 2.15. The SMILES string of the molecule is CCSc1nnc(SCCCn2c(=O)[nH]c3ccccc32)s1. The number of imidazole rings is 1. The minimum absolute atomic E-state index is 0.0382. The quantitative estimate of drug-likeness (QED) is 0.521. The van der Waals surface area contributed by atoms with Gasteiger partial charge in [0.1, 0.15) is 0 Å². The van der Waals surface area contributed by atoms with E-state index in [4.69, 9.17) is 0 Å². The standard InChI is InChI=1S/C14H16N4OS3/c1-2-20-13-16-17-14(22-13)21-9-5-8-18-11-7-4-3-6-10(11)15-12(18)19/h3-4,6-7H,2,5,8-9H2,1H3,(H,15,19). The van der Waals surface area contributed by atoms with Crippen LogP contribution in [0, 0.1) is 0 Å². The first kappa shape index (κ1) is 15.6. The van der Waals surface area contributed by atoms with Crippen LogP contribution in [0.15, 0.2) is 37.7 Å². The second kappa shape index (κ2) is 7.34. The van der Waals surface area contributed by atoms with Crippen LogP contribution in [0.4, 0.5) is 0 Å². The lowest BCUT2D eigenvalue weighted by atomic mass is 10.3. The molecule has 0 amide bonds.